The van der Waals surface area contributed by atoms with Gasteiger partial charge >= 0.3 is 5.97 Å². The molecule has 31 heavy (non-hydrogen) atoms. The van der Waals surface area contributed by atoms with Crippen LogP contribution in [0, 0.1) is 17.0 Å². The van der Waals surface area contributed by atoms with Crippen LogP contribution in [-0.2, 0) is 16.0 Å². The molecule has 2 aromatic heterocycles. The molecule has 0 saturated heterocycles. The Morgan fingerprint density at radius 1 is 1.16 bits per heavy atom. The van der Waals surface area contributed by atoms with Crippen LogP contribution in [0.5, 0.6) is 0 Å². The number of non-ortho nitro benzene ring substituents is 1. The van der Waals surface area contributed by atoms with E-state index in [1.807, 2.05) is 17.5 Å². The number of nitrogens with one attached hydrogen (secondary N) is 2. The standard InChI is InChI=1S/C20H17N3O6S2/c1-11-16(20(26)29-2)19(22-15(24)10-14-7-4-8-30-14)31-17(11)18(25)21-12-5-3-6-13(9-12)23(27)28/h3-9H,10H2,1-2H3,(H,21,25)(H,22,24). The van der Waals surface area contributed by atoms with Crippen molar-refractivity contribution in [2.24, 2.45) is 0 Å². The zero-order chi connectivity index (χ0) is 22.5. The first-order chi connectivity index (χ1) is 14.8. The highest BCUT2D eigenvalue weighted by atomic mass is 32.1. The van der Waals surface area contributed by atoms with Crippen molar-refractivity contribution in [3.63, 3.8) is 0 Å². The van der Waals surface area contributed by atoms with Crippen molar-refractivity contribution in [3.8, 4) is 0 Å². The molecule has 0 saturated carbocycles. The molecular weight excluding hydrogens is 442 g/mol. The Morgan fingerprint density at radius 3 is 2.58 bits per heavy atom. The van der Waals surface area contributed by atoms with Crippen molar-refractivity contribution in [1.29, 1.82) is 0 Å². The van der Waals surface area contributed by atoms with E-state index in [-0.39, 0.29) is 39.1 Å². The number of carbonyl (C=O) groups is 3. The number of methoxy groups -OCH3 is 1. The van der Waals surface area contributed by atoms with Crippen LogP contribution in [0.3, 0.4) is 0 Å². The lowest BCUT2D eigenvalue weighted by Gasteiger charge is -2.05. The molecule has 2 amide bonds. The number of rotatable bonds is 7. The Morgan fingerprint density at radius 2 is 1.94 bits per heavy atom. The summed E-state index contributed by atoms with van der Waals surface area (Å²) in [6.07, 6.45) is 0.129. The number of thiophene rings is 2. The van der Waals surface area contributed by atoms with Crippen LogP contribution >= 0.6 is 22.7 Å². The van der Waals surface area contributed by atoms with Crippen LogP contribution in [0.15, 0.2) is 41.8 Å². The predicted octanol–water partition coefficient (Wildman–Crippen LogP) is 4.25. The molecule has 2 heterocycles. The lowest BCUT2D eigenvalue weighted by atomic mass is 10.1. The van der Waals surface area contributed by atoms with Gasteiger partial charge in [-0.15, -0.1) is 22.7 Å². The highest BCUT2D eigenvalue weighted by Gasteiger charge is 2.26. The molecule has 0 atom stereocenters. The molecule has 1 aromatic carbocycles. The highest BCUT2D eigenvalue weighted by molar-refractivity contribution is 7.19. The highest BCUT2D eigenvalue weighted by Crippen LogP contribution is 2.34. The maximum atomic E-state index is 12.8. The van der Waals surface area contributed by atoms with Crippen molar-refractivity contribution in [2.75, 3.05) is 17.7 Å². The van der Waals surface area contributed by atoms with Gasteiger partial charge in [-0.05, 0) is 30.0 Å². The van der Waals surface area contributed by atoms with Gasteiger partial charge in [-0.25, -0.2) is 4.79 Å². The Labute approximate surface area is 184 Å². The zero-order valence-electron chi connectivity index (χ0n) is 16.5. The maximum absolute atomic E-state index is 12.8. The molecule has 160 valence electrons. The van der Waals surface area contributed by atoms with Crippen LogP contribution in [0.4, 0.5) is 16.4 Å². The van der Waals surface area contributed by atoms with Crippen molar-refractivity contribution in [1.82, 2.24) is 0 Å². The van der Waals surface area contributed by atoms with E-state index in [9.17, 15) is 24.5 Å². The van der Waals surface area contributed by atoms with Gasteiger partial charge in [-0.1, -0.05) is 12.1 Å². The van der Waals surface area contributed by atoms with Gasteiger partial charge in [0.25, 0.3) is 11.6 Å². The quantitative estimate of drug-likeness (QED) is 0.309. The number of carbonyl (C=O) groups excluding carboxylic acids is 3. The number of hydrogen-bond acceptors (Lipinski definition) is 8. The summed E-state index contributed by atoms with van der Waals surface area (Å²) >= 11 is 2.37. The van der Waals surface area contributed by atoms with E-state index < -0.39 is 16.8 Å². The predicted molar refractivity (Wildman–Crippen MR) is 118 cm³/mol. The van der Waals surface area contributed by atoms with E-state index in [0.717, 1.165) is 16.2 Å². The van der Waals surface area contributed by atoms with Crippen molar-refractivity contribution in [3.05, 3.63) is 72.8 Å². The average Bonchev–Trinajstić information content (AvgIpc) is 3.35. The molecule has 0 unspecified atom stereocenters. The summed E-state index contributed by atoms with van der Waals surface area (Å²) < 4.78 is 4.81. The molecule has 0 aliphatic rings. The third-order valence-corrected chi connectivity index (χ3v) is 6.31. The van der Waals surface area contributed by atoms with Gasteiger partial charge in [0.15, 0.2) is 0 Å². The number of esters is 1. The topological polar surface area (TPSA) is 128 Å². The molecule has 0 fully saturated rings. The van der Waals surface area contributed by atoms with E-state index in [2.05, 4.69) is 10.6 Å². The van der Waals surface area contributed by atoms with Gasteiger partial charge in [0, 0.05) is 22.7 Å². The number of hydrogen-bond donors (Lipinski definition) is 2. The molecule has 0 radical (unpaired) electrons. The van der Waals surface area contributed by atoms with Gasteiger partial charge in [0.05, 0.1) is 28.9 Å². The largest absolute Gasteiger partial charge is 0.465 e. The number of amides is 2. The SMILES string of the molecule is COC(=O)c1c(NC(=O)Cc2cccs2)sc(C(=O)Nc2cccc([N+](=O)[O-])c2)c1C. The molecular formula is C20H17N3O6S2. The molecule has 0 aliphatic carbocycles. The van der Waals surface area contributed by atoms with Crippen LogP contribution < -0.4 is 10.6 Å². The number of benzene rings is 1. The minimum absolute atomic E-state index is 0.0937. The molecule has 3 rings (SSSR count). The molecule has 0 spiro atoms. The third-order valence-electron chi connectivity index (χ3n) is 4.23. The number of nitro groups is 1. The van der Waals surface area contributed by atoms with Gasteiger partial charge in [-0.2, -0.15) is 0 Å². The first-order valence-electron chi connectivity index (χ1n) is 8.90. The monoisotopic (exact) mass is 459 g/mol. The fourth-order valence-corrected chi connectivity index (χ4v) is 4.60. The summed E-state index contributed by atoms with van der Waals surface area (Å²) in [7, 11) is 1.21. The van der Waals surface area contributed by atoms with Crippen LogP contribution in [-0.4, -0.2) is 29.8 Å². The van der Waals surface area contributed by atoms with Gasteiger partial charge < -0.3 is 15.4 Å². The lowest BCUT2D eigenvalue weighted by molar-refractivity contribution is -0.384. The fraction of sp³-hybridized carbons (Fsp3) is 0.150. The van der Waals surface area contributed by atoms with E-state index in [1.165, 1.54) is 42.7 Å². The summed E-state index contributed by atoms with van der Waals surface area (Å²) in [4.78, 5) is 48.9. The van der Waals surface area contributed by atoms with E-state index in [0.29, 0.717) is 5.56 Å². The molecule has 9 nitrogen and oxygen atoms in total. The van der Waals surface area contributed by atoms with E-state index in [1.54, 1.807) is 6.92 Å². The van der Waals surface area contributed by atoms with E-state index >= 15 is 0 Å². The number of anilines is 2. The molecule has 2 N–H and O–H groups in total. The minimum atomic E-state index is -0.686. The van der Waals surface area contributed by atoms with Crippen molar-refractivity contribution in [2.45, 2.75) is 13.3 Å². The molecule has 3 aromatic rings. The van der Waals surface area contributed by atoms with Gasteiger partial charge in [-0.3, -0.25) is 19.7 Å². The number of nitrogens with zero attached hydrogens (tertiary/aromatic N) is 1. The second-order valence-electron chi connectivity index (χ2n) is 6.32. The third kappa shape index (κ3) is 5.13. The Bertz CT molecular complexity index is 1150. The van der Waals surface area contributed by atoms with Crippen LogP contribution in [0.2, 0.25) is 0 Å². The summed E-state index contributed by atoms with van der Waals surface area (Å²) in [6.45, 7) is 1.57. The fourth-order valence-electron chi connectivity index (χ4n) is 2.79. The number of nitro benzene ring substituents is 1. The Kier molecular flexibility index (Phi) is 6.78. The summed E-state index contributed by atoms with van der Waals surface area (Å²) in [6, 6.07) is 9.15. The molecule has 11 heteroatoms. The van der Waals surface area contributed by atoms with Crippen molar-refractivity contribution >= 4 is 56.8 Å². The summed E-state index contributed by atoms with van der Waals surface area (Å²) in [5.74, 6) is -1.58. The average molecular weight is 460 g/mol. The summed E-state index contributed by atoms with van der Waals surface area (Å²) in [5.41, 5.74) is 0.495. The first-order valence-corrected chi connectivity index (χ1v) is 10.6. The second-order valence-corrected chi connectivity index (χ2v) is 8.37. The second kappa shape index (κ2) is 9.49. The minimum Gasteiger partial charge on any atom is -0.465 e. The first kappa shape index (κ1) is 22.1. The maximum Gasteiger partial charge on any atom is 0.341 e. The van der Waals surface area contributed by atoms with Crippen LogP contribution in [0.25, 0.3) is 0 Å². The normalized spacial score (nSPS) is 10.4. The Hall–Kier alpha value is -3.57. The summed E-state index contributed by atoms with van der Waals surface area (Å²) in [5, 5.41) is 18.3. The van der Waals surface area contributed by atoms with Gasteiger partial charge in [0.1, 0.15) is 5.00 Å². The van der Waals surface area contributed by atoms with Crippen LogP contribution in [0.1, 0.15) is 30.5 Å². The molecule has 0 aliphatic heterocycles. The molecule has 0 bridgehead atoms. The smallest absolute Gasteiger partial charge is 0.341 e. The van der Waals surface area contributed by atoms with E-state index in [4.69, 9.17) is 4.74 Å². The van der Waals surface area contributed by atoms with Gasteiger partial charge in [0.2, 0.25) is 5.91 Å². The Balaban J connectivity index is 1.87. The van der Waals surface area contributed by atoms with Crippen molar-refractivity contribution < 1.29 is 24.0 Å². The lowest BCUT2D eigenvalue weighted by Crippen LogP contribution is -2.15. The number of ether oxygens (including phenoxy) is 1. The zero-order valence-corrected chi connectivity index (χ0v) is 18.1.